The summed E-state index contributed by atoms with van der Waals surface area (Å²) in [6, 6.07) is 10.5. The zero-order valence-corrected chi connectivity index (χ0v) is 13.1. The van der Waals surface area contributed by atoms with Crippen LogP contribution in [-0.2, 0) is 4.79 Å². The van der Waals surface area contributed by atoms with Gasteiger partial charge in [0.15, 0.2) is 0 Å². The summed E-state index contributed by atoms with van der Waals surface area (Å²) in [4.78, 5) is 14.8. The topological polar surface area (TPSA) is 20.3 Å². The highest BCUT2D eigenvalue weighted by molar-refractivity contribution is 9.09. The number of alkyl halides is 1. The van der Waals surface area contributed by atoms with Gasteiger partial charge in [0.2, 0.25) is 5.91 Å². The Morgan fingerprint density at radius 1 is 1.32 bits per heavy atom. The first kappa shape index (κ1) is 14.6. The fraction of sp³-hybridized carbons (Fsp3) is 0.562. The Hall–Kier alpha value is -0.830. The highest BCUT2D eigenvalue weighted by Crippen LogP contribution is 2.27. The average Bonchev–Trinajstić information content (AvgIpc) is 2.98. The molecule has 1 amide bonds. The van der Waals surface area contributed by atoms with Gasteiger partial charge in [0, 0.05) is 17.9 Å². The van der Waals surface area contributed by atoms with Crippen molar-refractivity contribution in [2.75, 3.05) is 11.9 Å². The molecule has 104 valence electrons. The molecule has 1 fully saturated rings. The van der Waals surface area contributed by atoms with E-state index in [4.69, 9.17) is 0 Å². The van der Waals surface area contributed by atoms with Gasteiger partial charge in [-0.25, -0.2) is 0 Å². The number of carbonyl (C=O) groups is 1. The molecular weight excluding hydrogens is 302 g/mol. The lowest BCUT2D eigenvalue weighted by Gasteiger charge is -2.31. The SMILES string of the molecule is CC(C(=O)N(CCBr)C1CCCC1)c1ccccc1. The largest absolute Gasteiger partial charge is 0.338 e. The third-order valence-corrected chi connectivity index (χ3v) is 4.40. The maximum Gasteiger partial charge on any atom is 0.230 e. The highest BCUT2D eigenvalue weighted by Gasteiger charge is 2.29. The standard InChI is InChI=1S/C16H22BrNO/c1-13(14-7-3-2-4-8-14)16(19)18(12-11-17)15-9-5-6-10-15/h2-4,7-8,13,15H,5-6,9-12H2,1H3. The second-order valence-corrected chi connectivity index (χ2v) is 6.08. The van der Waals surface area contributed by atoms with Crippen LogP contribution in [0.1, 0.15) is 44.1 Å². The molecule has 19 heavy (non-hydrogen) atoms. The van der Waals surface area contributed by atoms with Crippen LogP contribution in [-0.4, -0.2) is 28.7 Å². The van der Waals surface area contributed by atoms with Crippen LogP contribution < -0.4 is 0 Å². The van der Waals surface area contributed by atoms with Crippen molar-refractivity contribution in [1.82, 2.24) is 4.90 Å². The van der Waals surface area contributed by atoms with Crippen LogP contribution in [0.2, 0.25) is 0 Å². The molecule has 1 aliphatic rings. The second-order valence-electron chi connectivity index (χ2n) is 5.29. The third kappa shape index (κ3) is 3.59. The molecule has 0 spiro atoms. The Kier molecular flexibility index (Phi) is 5.44. The Morgan fingerprint density at radius 2 is 1.95 bits per heavy atom. The predicted octanol–water partition coefficient (Wildman–Crippen LogP) is 3.96. The number of hydrogen-bond acceptors (Lipinski definition) is 1. The molecule has 1 aromatic carbocycles. The van der Waals surface area contributed by atoms with Gasteiger partial charge in [0.25, 0.3) is 0 Å². The highest BCUT2D eigenvalue weighted by atomic mass is 79.9. The summed E-state index contributed by atoms with van der Waals surface area (Å²) in [5, 5.41) is 0.858. The van der Waals surface area contributed by atoms with Gasteiger partial charge in [-0.2, -0.15) is 0 Å². The van der Waals surface area contributed by atoms with E-state index in [1.807, 2.05) is 37.3 Å². The zero-order valence-electron chi connectivity index (χ0n) is 11.5. The van der Waals surface area contributed by atoms with Crippen molar-refractivity contribution in [3.8, 4) is 0 Å². The van der Waals surface area contributed by atoms with Crippen molar-refractivity contribution >= 4 is 21.8 Å². The number of rotatable bonds is 5. The summed E-state index contributed by atoms with van der Waals surface area (Å²) < 4.78 is 0. The summed E-state index contributed by atoms with van der Waals surface area (Å²) in [7, 11) is 0. The molecule has 3 heteroatoms. The van der Waals surface area contributed by atoms with Gasteiger partial charge in [0.05, 0.1) is 5.92 Å². The van der Waals surface area contributed by atoms with E-state index < -0.39 is 0 Å². The van der Waals surface area contributed by atoms with Crippen molar-refractivity contribution < 1.29 is 4.79 Å². The molecule has 2 nitrogen and oxygen atoms in total. The van der Waals surface area contributed by atoms with Gasteiger partial charge in [-0.3, -0.25) is 4.79 Å². The molecular formula is C16H22BrNO. The maximum atomic E-state index is 12.7. The Labute approximate surface area is 124 Å². The molecule has 2 rings (SSSR count). The van der Waals surface area contributed by atoms with E-state index in [0.717, 1.165) is 17.4 Å². The van der Waals surface area contributed by atoms with Crippen LogP contribution in [0.5, 0.6) is 0 Å². The van der Waals surface area contributed by atoms with Crippen molar-refractivity contribution in [3.63, 3.8) is 0 Å². The van der Waals surface area contributed by atoms with Gasteiger partial charge >= 0.3 is 0 Å². The van der Waals surface area contributed by atoms with Gasteiger partial charge in [0.1, 0.15) is 0 Å². The number of hydrogen-bond donors (Lipinski definition) is 0. The molecule has 1 aromatic rings. The fourth-order valence-electron chi connectivity index (χ4n) is 2.91. The Bertz CT molecular complexity index is 400. The van der Waals surface area contributed by atoms with Gasteiger partial charge in [-0.05, 0) is 25.3 Å². The normalized spacial score (nSPS) is 17.4. The second kappa shape index (κ2) is 7.09. The summed E-state index contributed by atoms with van der Waals surface area (Å²) >= 11 is 3.48. The Balaban J connectivity index is 2.10. The van der Waals surface area contributed by atoms with Crippen molar-refractivity contribution in [2.45, 2.75) is 44.6 Å². The summed E-state index contributed by atoms with van der Waals surface area (Å²) in [6.45, 7) is 2.84. The zero-order chi connectivity index (χ0) is 13.7. The lowest BCUT2D eigenvalue weighted by molar-refractivity contribution is -0.134. The maximum absolute atomic E-state index is 12.7. The molecule has 0 aliphatic heterocycles. The fourth-order valence-corrected chi connectivity index (χ4v) is 3.29. The Morgan fingerprint density at radius 3 is 2.53 bits per heavy atom. The van der Waals surface area contributed by atoms with Crippen LogP contribution in [0.25, 0.3) is 0 Å². The number of halogens is 1. The lowest BCUT2D eigenvalue weighted by atomic mass is 9.99. The van der Waals surface area contributed by atoms with Gasteiger partial charge < -0.3 is 4.90 Å². The van der Waals surface area contributed by atoms with Gasteiger partial charge in [-0.1, -0.05) is 59.1 Å². The first-order valence-electron chi connectivity index (χ1n) is 7.15. The van der Waals surface area contributed by atoms with Crippen LogP contribution in [0.15, 0.2) is 30.3 Å². The quantitative estimate of drug-likeness (QED) is 0.751. The van der Waals surface area contributed by atoms with E-state index in [1.54, 1.807) is 0 Å². The summed E-state index contributed by atoms with van der Waals surface area (Å²) in [5.74, 6) is 0.235. The minimum Gasteiger partial charge on any atom is -0.338 e. The molecule has 1 saturated carbocycles. The molecule has 1 atom stereocenters. The minimum absolute atomic E-state index is 0.0409. The first-order chi connectivity index (χ1) is 9.24. The number of carbonyl (C=O) groups excluding carboxylic acids is 1. The van der Waals surface area contributed by atoms with Gasteiger partial charge in [-0.15, -0.1) is 0 Å². The van der Waals surface area contributed by atoms with E-state index >= 15 is 0 Å². The van der Waals surface area contributed by atoms with Crippen molar-refractivity contribution in [1.29, 1.82) is 0 Å². The number of amides is 1. The molecule has 0 bridgehead atoms. The van der Waals surface area contributed by atoms with E-state index in [2.05, 4.69) is 20.8 Å². The molecule has 0 heterocycles. The average molecular weight is 324 g/mol. The van der Waals surface area contributed by atoms with Crippen LogP contribution in [0.4, 0.5) is 0 Å². The molecule has 0 saturated heterocycles. The third-order valence-electron chi connectivity index (χ3n) is 4.04. The summed E-state index contributed by atoms with van der Waals surface area (Å²) in [6.07, 6.45) is 4.85. The lowest BCUT2D eigenvalue weighted by Crippen LogP contribution is -2.42. The molecule has 0 aromatic heterocycles. The molecule has 0 N–H and O–H groups in total. The van der Waals surface area contributed by atoms with E-state index in [1.165, 1.54) is 25.7 Å². The smallest absolute Gasteiger partial charge is 0.230 e. The van der Waals surface area contributed by atoms with Crippen LogP contribution in [0.3, 0.4) is 0 Å². The van der Waals surface area contributed by atoms with E-state index in [-0.39, 0.29) is 11.8 Å². The van der Waals surface area contributed by atoms with E-state index in [0.29, 0.717) is 6.04 Å². The van der Waals surface area contributed by atoms with Crippen LogP contribution >= 0.6 is 15.9 Å². The first-order valence-corrected chi connectivity index (χ1v) is 8.27. The monoisotopic (exact) mass is 323 g/mol. The molecule has 0 radical (unpaired) electrons. The number of benzene rings is 1. The predicted molar refractivity (Wildman–Crippen MR) is 82.6 cm³/mol. The van der Waals surface area contributed by atoms with E-state index in [9.17, 15) is 4.79 Å². The molecule has 1 aliphatic carbocycles. The summed E-state index contributed by atoms with van der Waals surface area (Å²) in [5.41, 5.74) is 1.12. The molecule has 1 unspecified atom stereocenters. The minimum atomic E-state index is -0.0409. The van der Waals surface area contributed by atoms with Crippen LogP contribution in [0, 0.1) is 0 Å². The van der Waals surface area contributed by atoms with Crippen molar-refractivity contribution in [2.24, 2.45) is 0 Å². The van der Waals surface area contributed by atoms with Crippen molar-refractivity contribution in [3.05, 3.63) is 35.9 Å². The number of nitrogens with zero attached hydrogens (tertiary/aromatic N) is 1.